The van der Waals surface area contributed by atoms with Crippen LogP contribution in [0.25, 0.3) is 0 Å². The highest BCUT2D eigenvalue weighted by molar-refractivity contribution is 9.26. The molecule has 0 saturated carbocycles. The topological polar surface area (TPSA) is 0 Å². The summed E-state index contributed by atoms with van der Waals surface area (Å²) in [5, 5.41) is 0. The van der Waals surface area contributed by atoms with E-state index in [1.54, 1.807) is 0 Å². The molecule has 18 heavy (non-hydrogen) atoms. The van der Waals surface area contributed by atoms with E-state index in [0.29, 0.717) is 0 Å². The van der Waals surface area contributed by atoms with Gasteiger partial charge in [-0.2, -0.15) is 0 Å². The Labute approximate surface area is 140 Å². The molecule has 0 bridgehead atoms. The zero-order valence-electron chi connectivity index (χ0n) is 9.13. The van der Waals surface area contributed by atoms with Gasteiger partial charge in [0.15, 0.2) is 0 Å². The molecule has 0 saturated heterocycles. The van der Waals surface area contributed by atoms with Gasteiger partial charge in [-0.3, -0.25) is 0 Å². The highest BCUT2D eigenvalue weighted by atomic mass is 79.9. The normalized spacial score (nSPS) is 13.3. The molecule has 0 nitrogen and oxygen atoms in total. The van der Waals surface area contributed by atoms with Crippen LogP contribution in [0.5, 0.6) is 0 Å². The molecule has 0 spiro atoms. The average Bonchev–Trinajstić information content (AvgIpc) is 2.36. The summed E-state index contributed by atoms with van der Waals surface area (Å²) in [4.78, 5) is 0. The van der Waals surface area contributed by atoms with Crippen LogP contribution in [0.2, 0.25) is 0 Å². The monoisotopic (exact) mass is 488 g/mol. The first-order chi connectivity index (χ1) is 8.58. The van der Waals surface area contributed by atoms with E-state index in [2.05, 4.69) is 99.8 Å². The maximum Gasteiger partial charge on any atom is 0.286 e. The molecule has 0 aromatic heterocycles. The fourth-order valence-electron chi connectivity index (χ4n) is 2.33. The fourth-order valence-corrected chi connectivity index (χ4v) is 4.71. The van der Waals surface area contributed by atoms with Crippen LogP contribution in [-0.4, -0.2) is 11.1 Å². The van der Waals surface area contributed by atoms with Crippen molar-refractivity contribution in [3.8, 4) is 0 Å². The van der Waals surface area contributed by atoms with Crippen molar-refractivity contribution in [3.05, 3.63) is 45.3 Å². The third-order valence-electron chi connectivity index (χ3n) is 3.19. The van der Waals surface area contributed by atoms with Crippen molar-refractivity contribution in [2.45, 2.75) is 0 Å². The Morgan fingerprint density at radius 3 is 1.39 bits per heavy atom. The molecule has 0 atom stereocenters. The van der Waals surface area contributed by atoms with Gasteiger partial charge in [-0.25, -0.2) is 0 Å². The van der Waals surface area contributed by atoms with Gasteiger partial charge in [0.05, 0.1) is 0 Å². The number of rotatable bonds is 0. The number of benzene rings is 2. The van der Waals surface area contributed by atoms with Gasteiger partial charge >= 0.3 is 0 Å². The molecule has 0 unspecified atom stereocenters. The van der Waals surface area contributed by atoms with Crippen LogP contribution in [0.15, 0.2) is 45.3 Å². The van der Waals surface area contributed by atoms with Gasteiger partial charge in [0, 0.05) is 8.95 Å². The third-order valence-corrected chi connectivity index (χ3v) is 6.15. The van der Waals surface area contributed by atoms with Crippen molar-refractivity contribution < 1.29 is 0 Å². The van der Waals surface area contributed by atoms with Crippen molar-refractivity contribution >= 4 is 96.3 Å². The average molecular weight is 491 g/mol. The van der Waals surface area contributed by atoms with Crippen LogP contribution >= 0.6 is 63.4 Å². The Kier molecular flexibility index (Phi) is 3.83. The Morgan fingerprint density at radius 1 is 0.611 bits per heavy atom. The standard InChI is InChI=1S/C12H6B2Br4/c15-7-1-3-9-11(5-7)14(18)10-4-2-8(16)6-12(10)13(9)17/h1-6H. The van der Waals surface area contributed by atoms with Gasteiger partial charge in [0.1, 0.15) is 0 Å². The molecular weight excluding hydrogens is 485 g/mol. The van der Waals surface area contributed by atoms with Crippen molar-refractivity contribution in [2.24, 2.45) is 0 Å². The first kappa shape index (κ1) is 13.5. The number of halogens is 4. The summed E-state index contributed by atoms with van der Waals surface area (Å²) < 4.78 is 2.23. The largest absolute Gasteiger partial charge is 0.286 e. The molecule has 2 aromatic carbocycles. The molecule has 0 radical (unpaired) electrons. The van der Waals surface area contributed by atoms with E-state index in [9.17, 15) is 0 Å². The summed E-state index contributed by atoms with van der Waals surface area (Å²) in [6, 6.07) is 12.9. The molecule has 0 N–H and O–H groups in total. The zero-order chi connectivity index (χ0) is 12.9. The molecule has 88 valence electrons. The summed E-state index contributed by atoms with van der Waals surface area (Å²) in [5.74, 6) is 0. The minimum atomic E-state index is 0.252. The van der Waals surface area contributed by atoms with E-state index in [-0.39, 0.29) is 11.1 Å². The Balaban J connectivity index is 2.24. The number of hydrogen-bond donors (Lipinski definition) is 0. The van der Waals surface area contributed by atoms with Gasteiger partial charge < -0.3 is 0 Å². The summed E-state index contributed by atoms with van der Waals surface area (Å²) in [5.41, 5.74) is 5.79. The second-order valence-corrected chi connectivity index (χ2v) is 7.93. The Bertz CT molecular complexity index is 574. The Morgan fingerprint density at radius 2 is 1.00 bits per heavy atom. The van der Waals surface area contributed by atoms with E-state index in [1.165, 1.54) is 21.9 Å². The maximum atomic E-state index is 3.82. The molecule has 6 heteroatoms. The van der Waals surface area contributed by atoms with Crippen LogP contribution in [-0.2, 0) is 0 Å². The summed E-state index contributed by atoms with van der Waals surface area (Å²) >= 11 is 14.7. The SMILES string of the molecule is BrB1c2ccc(Br)cc2B(Br)c2ccc(Br)cc21. The zero-order valence-corrected chi connectivity index (χ0v) is 15.5. The van der Waals surface area contributed by atoms with E-state index >= 15 is 0 Å². The molecule has 1 heterocycles. The lowest BCUT2D eigenvalue weighted by Crippen LogP contribution is -2.64. The minimum absolute atomic E-state index is 0.252. The second kappa shape index (κ2) is 5.12. The lowest BCUT2D eigenvalue weighted by atomic mass is 9.43. The van der Waals surface area contributed by atoms with Crippen LogP contribution < -0.4 is 21.9 Å². The number of hydrogen-bond acceptors (Lipinski definition) is 0. The first-order valence-corrected chi connectivity index (χ1v) is 8.86. The van der Waals surface area contributed by atoms with Gasteiger partial charge in [0.2, 0.25) is 0 Å². The van der Waals surface area contributed by atoms with Gasteiger partial charge in [0.25, 0.3) is 11.1 Å². The lowest BCUT2D eigenvalue weighted by Gasteiger charge is -2.25. The van der Waals surface area contributed by atoms with E-state index in [1.807, 2.05) is 0 Å². The van der Waals surface area contributed by atoms with Gasteiger partial charge in [-0.05, 0) is 12.1 Å². The fraction of sp³-hybridized carbons (Fsp3) is 0. The first-order valence-electron chi connectivity index (χ1n) is 5.45. The molecule has 0 amide bonds. The predicted molar refractivity (Wildman–Crippen MR) is 96.2 cm³/mol. The minimum Gasteiger partial charge on any atom is -0.143 e. The van der Waals surface area contributed by atoms with Crippen LogP contribution in [0.1, 0.15) is 0 Å². The van der Waals surface area contributed by atoms with E-state index in [0.717, 1.165) is 8.95 Å². The lowest BCUT2D eigenvalue weighted by molar-refractivity contribution is 1.70. The summed E-state index contributed by atoms with van der Waals surface area (Å²) in [7, 11) is 0. The molecule has 0 aliphatic carbocycles. The highest BCUT2D eigenvalue weighted by Gasteiger charge is 2.34. The van der Waals surface area contributed by atoms with Gasteiger partial charge in [-0.15, -0.1) is 31.5 Å². The number of fused-ring (bicyclic) bond motifs is 2. The molecule has 1 aliphatic rings. The quantitative estimate of drug-likeness (QED) is 0.497. The summed E-state index contributed by atoms with van der Waals surface area (Å²) in [6.07, 6.45) is 0. The van der Waals surface area contributed by atoms with Crippen molar-refractivity contribution in [2.75, 3.05) is 0 Å². The molecule has 2 aromatic rings. The smallest absolute Gasteiger partial charge is 0.143 e. The highest BCUT2D eigenvalue weighted by Crippen LogP contribution is 2.14. The van der Waals surface area contributed by atoms with E-state index in [4.69, 9.17) is 0 Å². The molecule has 1 aliphatic heterocycles. The van der Waals surface area contributed by atoms with Crippen LogP contribution in [0, 0.1) is 0 Å². The predicted octanol–water partition coefficient (Wildman–Crippen LogP) is 2.53. The molecule has 0 fully saturated rings. The van der Waals surface area contributed by atoms with E-state index < -0.39 is 0 Å². The van der Waals surface area contributed by atoms with Gasteiger partial charge in [-0.1, -0.05) is 78.0 Å². The molecule has 3 rings (SSSR count). The molecular formula is C12H6B2Br4. The maximum absolute atomic E-state index is 3.82. The second-order valence-electron chi connectivity index (χ2n) is 4.27. The van der Waals surface area contributed by atoms with Crippen molar-refractivity contribution in [1.82, 2.24) is 0 Å². The van der Waals surface area contributed by atoms with Crippen molar-refractivity contribution in [3.63, 3.8) is 0 Å². The van der Waals surface area contributed by atoms with Crippen LogP contribution in [0.4, 0.5) is 0 Å². The third kappa shape index (κ3) is 2.19. The summed E-state index contributed by atoms with van der Waals surface area (Å²) in [6.45, 7) is 0. The van der Waals surface area contributed by atoms with Crippen molar-refractivity contribution in [1.29, 1.82) is 0 Å². The van der Waals surface area contributed by atoms with Crippen LogP contribution in [0.3, 0.4) is 0 Å². The Hall–Kier alpha value is 0.490.